The van der Waals surface area contributed by atoms with Gasteiger partial charge in [-0.1, -0.05) is 24.3 Å². The lowest BCUT2D eigenvalue weighted by atomic mass is 10.0. The molecule has 1 saturated heterocycles. The van der Waals surface area contributed by atoms with Gasteiger partial charge in [-0.2, -0.15) is 0 Å². The SMILES string of the molecule is c1cc(-c2ccc(N3CCNCC3)cc2)cc(-n2cnnc2)c1. The van der Waals surface area contributed by atoms with E-state index < -0.39 is 0 Å². The Morgan fingerprint density at radius 2 is 1.52 bits per heavy atom. The molecular weight excluding hydrogens is 286 g/mol. The zero-order chi connectivity index (χ0) is 15.5. The number of hydrogen-bond donors (Lipinski definition) is 1. The van der Waals surface area contributed by atoms with Crippen LogP contribution < -0.4 is 10.2 Å². The summed E-state index contributed by atoms with van der Waals surface area (Å²) in [5, 5.41) is 11.1. The van der Waals surface area contributed by atoms with Gasteiger partial charge in [0, 0.05) is 37.6 Å². The van der Waals surface area contributed by atoms with Crippen molar-refractivity contribution in [3.05, 3.63) is 61.2 Å². The summed E-state index contributed by atoms with van der Waals surface area (Å²) in [6, 6.07) is 17.2. The van der Waals surface area contributed by atoms with Crippen molar-refractivity contribution in [2.24, 2.45) is 0 Å². The highest BCUT2D eigenvalue weighted by atomic mass is 15.2. The highest BCUT2D eigenvalue weighted by Gasteiger charge is 2.10. The fourth-order valence-electron chi connectivity index (χ4n) is 2.97. The summed E-state index contributed by atoms with van der Waals surface area (Å²) in [6.45, 7) is 4.26. The molecular formula is C18H19N5. The Labute approximate surface area is 135 Å². The van der Waals surface area contributed by atoms with Gasteiger partial charge in [-0.05, 0) is 35.4 Å². The van der Waals surface area contributed by atoms with E-state index in [1.54, 1.807) is 12.7 Å². The third-order valence-electron chi connectivity index (χ3n) is 4.25. The van der Waals surface area contributed by atoms with E-state index >= 15 is 0 Å². The molecule has 1 fully saturated rings. The van der Waals surface area contributed by atoms with Crippen molar-refractivity contribution in [1.29, 1.82) is 0 Å². The van der Waals surface area contributed by atoms with Crippen molar-refractivity contribution < 1.29 is 0 Å². The zero-order valence-electron chi connectivity index (χ0n) is 12.9. The normalized spacial score (nSPS) is 14.9. The maximum Gasteiger partial charge on any atom is 0.123 e. The number of aromatic nitrogens is 3. The van der Waals surface area contributed by atoms with Crippen LogP contribution >= 0.6 is 0 Å². The summed E-state index contributed by atoms with van der Waals surface area (Å²) in [6.07, 6.45) is 3.43. The van der Waals surface area contributed by atoms with Crippen molar-refractivity contribution in [3.8, 4) is 16.8 Å². The van der Waals surface area contributed by atoms with Gasteiger partial charge in [0.1, 0.15) is 12.7 Å². The monoisotopic (exact) mass is 305 g/mol. The Morgan fingerprint density at radius 1 is 0.783 bits per heavy atom. The Balaban J connectivity index is 1.59. The van der Waals surface area contributed by atoms with E-state index in [2.05, 4.69) is 68.9 Å². The molecule has 116 valence electrons. The molecule has 1 N–H and O–H groups in total. The highest BCUT2D eigenvalue weighted by Crippen LogP contribution is 2.25. The Bertz CT molecular complexity index is 758. The fraction of sp³-hybridized carbons (Fsp3) is 0.222. The largest absolute Gasteiger partial charge is 0.369 e. The van der Waals surface area contributed by atoms with Gasteiger partial charge in [0.05, 0.1) is 0 Å². The van der Waals surface area contributed by atoms with Crippen molar-refractivity contribution in [2.45, 2.75) is 0 Å². The van der Waals surface area contributed by atoms with Gasteiger partial charge in [0.25, 0.3) is 0 Å². The predicted octanol–water partition coefficient (Wildman–Crippen LogP) is 2.34. The van der Waals surface area contributed by atoms with E-state index in [9.17, 15) is 0 Å². The topological polar surface area (TPSA) is 46.0 Å². The van der Waals surface area contributed by atoms with Gasteiger partial charge >= 0.3 is 0 Å². The molecule has 3 aromatic rings. The van der Waals surface area contributed by atoms with Gasteiger partial charge in [-0.3, -0.25) is 4.57 Å². The van der Waals surface area contributed by atoms with Gasteiger partial charge < -0.3 is 10.2 Å². The number of piperazine rings is 1. The summed E-state index contributed by atoms with van der Waals surface area (Å²) in [5.74, 6) is 0. The minimum atomic E-state index is 1.06. The third-order valence-corrected chi connectivity index (χ3v) is 4.25. The van der Waals surface area contributed by atoms with E-state index in [0.29, 0.717) is 0 Å². The smallest absolute Gasteiger partial charge is 0.123 e. The third kappa shape index (κ3) is 2.96. The van der Waals surface area contributed by atoms with Crippen molar-refractivity contribution in [3.63, 3.8) is 0 Å². The summed E-state index contributed by atoms with van der Waals surface area (Å²) in [5.41, 5.74) is 4.78. The number of hydrogen-bond acceptors (Lipinski definition) is 4. The van der Waals surface area contributed by atoms with Crippen LogP contribution in [0.5, 0.6) is 0 Å². The standard InChI is InChI=1S/C18H19N5/c1-2-16(12-18(3-1)23-13-20-21-14-23)15-4-6-17(7-5-15)22-10-8-19-9-11-22/h1-7,12-14,19H,8-11H2. The first-order chi connectivity index (χ1) is 11.4. The molecule has 0 aliphatic carbocycles. The van der Waals surface area contributed by atoms with E-state index in [4.69, 9.17) is 0 Å². The number of nitrogens with zero attached hydrogens (tertiary/aromatic N) is 4. The highest BCUT2D eigenvalue weighted by molar-refractivity contribution is 5.68. The van der Waals surface area contributed by atoms with Gasteiger partial charge in [-0.15, -0.1) is 10.2 Å². The molecule has 1 aliphatic heterocycles. The molecule has 1 aromatic heterocycles. The van der Waals surface area contributed by atoms with Crippen molar-refractivity contribution >= 4 is 5.69 Å². The Kier molecular flexibility index (Phi) is 3.78. The molecule has 5 heteroatoms. The molecule has 0 saturated carbocycles. The number of anilines is 1. The average Bonchev–Trinajstić information content (AvgIpc) is 3.18. The van der Waals surface area contributed by atoms with Crippen LogP contribution in [0.4, 0.5) is 5.69 Å². The Morgan fingerprint density at radius 3 is 2.26 bits per heavy atom. The van der Waals surface area contributed by atoms with E-state index in [1.807, 2.05) is 4.57 Å². The van der Waals surface area contributed by atoms with Crippen LogP contribution in [0.15, 0.2) is 61.2 Å². The van der Waals surface area contributed by atoms with Crippen molar-refractivity contribution in [1.82, 2.24) is 20.1 Å². The quantitative estimate of drug-likeness (QED) is 0.807. The average molecular weight is 305 g/mol. The van der Waals surface area contributed by atoms with E-state index in [-0.39, 0.29) is 0 Å². The molecule has 2 aromatic carbocycles. The van der Waals surface area contributed by atoms with E-state index in [1.165, 1.54) is 16.8 Å². The summed E-state index contributed by atoms with van der Waals surface area (Å²) < 4.78 is 1.92. The molecule has 0 atom stereocenters. The number of nitrogens with one attached hydrogen (secondary N) is 1. The number of rotatable bonds is 3. The number of benzene rings is 2. The maximum atomic E-state index is 3.87. The summed E-state index contributed by atoms with van der Waals surface area (Å²) >= 11 is 0. The molecule has 0 radical (unpaired) electrons. The molecule has 1 aliphatic rings. The van der Waals surface area contributed by atoms with Crippen molar-refractivity contribution in [2.75, 3.05) is 31.1 Å². The zero-order valence-corrected chi connectivity index (χ0v) is 12.9. The first kappa shape index (κ1) is 14.0. The first-order valence-corrected chi connectivity index (χ1v) is 7.91. The predicted molar refractivity (Wildman–Crippen MR) is 91.9 cm³/mol. The first-order valence-electron chi connectivity index (χ1n) is 7.91. The molecule has 0 unspecified atom stereocenters. The van der Waals surface area contributed by atoms with Crippen LogP contribution in [0.3, 0.4) is 0 Å². The van der Waals surface area contributed by atoms with Gasteiger partial charge in [0.2, 0.25) is 0 Å². The van der Waals surface area contributed by atoms with Crippen LogP contribution in [-0.2, 0) is 0 Å². The fourth-order valence-corrected chi connectivity index (χ4v) is 2.97. The van der Waals surface area contributed by atoms with Crippen LogP contribution in [-0.4, -0.2) is 40.9 Å². The second-order valence-electron chi connectivity index (χ2n) is 5.70. The Hall–Kier alpha value is -2.66. The second kappa shape index (κ2) is 6.22. The molecule has 4 rings (SSSR count). The molecule has 0 bridgehead atoms. The second-order valence-corrected chi connectivity index (χ2v) is 5.70. The lowest BCUT2D eigenvalue weighted by Gasteiger charge is -2.29. The lowest BCUT2D eigenvalue weighted by molar-refractivity contribution is 0.589. The van der Waals surface area contributed by atoms with Crippen LogP contribution in [0, 0.1) is 0 Å². The lowest BCUT2D eigenvalue weighted by Crippen LogP contribution is -2.43. The molecule has 0 amide bonds. The van der Waals surface area contributed by atoms with Gasteiger partial charge in [0.15, 0.2) is 0 Å². The molecule has 2 heterocycles. The van der Waals surface area contributed by atoms with E-state index in [0.717, 1.165) is 31.9 Å². The van der Waals surface area contributed by atoms with Crippen LogP contribution in [0.1, 0.15) is 0 Å². The minimum absolute atomic E-state index is 1.06. The minimum Gasteiger partial charge on any atom is -0.369 e. The maximum absolute atomic E-state index is 3.87. The molecule has 23 heavy (non-hydrogen) atoms. The van der Waals surface area contributed by atoms with Gasteiger partial charge in [-0.25, -0.2) is 0 Å². The molecule has 0 spiro atoms. The van der Waals surface area contributed by atoms with Crippen LogP contribution in [0.2, 0.25) is 0 Å². The van der Waals surface area contributed by atoms with Crippen LogP contribution in [0.25, 0.3) is 16.8 Å². The summed E-state index contributed by atoms with van der Waals surface area (Å²) in [7, 11) is 0. The molecule has 5 nitrogen and oxygen atoms in total. The summed E-state index contributed by atoms with van der Waals surface area (Å²) in [4.78, 5) is 2.42.